The Morgan fingerprint density at radius 2 is 2.00 bits per heavy atom. The number of nitrogens with zero attached hydrogens (tertiary/aromatic N) is 2. The molecule has 0 spiro atoms. The van der Waals surface area contributed by atoms with Crippen LogP contribution in [0.25, 0.3) is 0 Å². The summed E-state index contributed by atoms with van der Waals surface area (Å²) in [6.07, 6.45) is 0.647. The lowest BCUT2D eigenvalue weighted by atomic mass is 10.0. The van der Waals surface area contributed by atoms with Gasteiger partial charge in [-0.3, -0.25) is 19.7 Å². The summed E-state index contributed by atoms with van der Waals surface area (Å²) in [6, 6.07) is 11.5. The predicted octanol–water partition coefficient (Wildman–Crippen LogP) is 3.28. The maximum atomic E-state index is 12.3. The van der Waals surface area contributed by atoms with Crippen molar-refractivity contribution in [2.45, 2.75) is 12.8 Å². The highest BCUT2D eigenvalue weighted by molar-refractivity contribution is 9.10. The van der Waals surface area contributed by atoms with Crippen LogP contribution in [0, 0.1) is 10.1 Å². The number of hydrogen-bond acceptors (Lipinski definition) is 4. The SMILES string of the molecule is O=C(CN1C(=O)CCc2cc([N+](=O)[O-])ccc21)Nc1ccccc1Br. The van der Waals surface area contributed by atoms with Crippen LogP contribution in [0.2, 0.25) is 0 Å². The zero-order valence-corrected chi connectivity index (χ0v) is 14.7. The number of aryl methyl sites for hydroxylation is 1. The number of amides is 2. The van der Waals surface area contributed by atoms with Gasteiger partial charge < -0.3 is 10.2 Å². The van der Waals surface area contributed by atoms with Gasteiger partial charge in [0.05, 0.1) is 10.6 Å². The van der Waals surface area contributed by atoms with Crippen LogP contribution in [-0.4, -0.2) is 23.3 Å². The molecule has 0 atom stereocenters. The van der Waals surface area contributed by atoms with E-state index >= 15 is 0 Å². The van der Waals surface area contributed by atoms with Crippen molar-refractivity contribution < 1.29 is 14.5 Å². The molecule has 3 rings (SSSR count). The molecule has 0 saturated heterocycles. The van der Waals surface area contributed by atoms with Gasteiger partial charge in [-0.1, -0.05) is 12.1 Å². The summed E-state index contributed by atoms with van der Waals surface area (Å²) in [5.74, 6) is -0.518. The zero-order chi connectivity index (χ0) is 18.0. The largest absolute Gasteiger partial charge is 0.324 e. The number of carbonyl (C=O) groups excluding carboxylic acids is 2. The molecule has 25 heavy (non-hydrogen) atoms. The van der Waals surface area contributed by atoms with Gasteiger partial charge in [0.25, 0.3) is 5.69 Å². The number of halogens is 1. The summed E-state index contributed by atoms with van der Waals surface area (Å²) in [7, 11) is 0. The summed E-state index contributed by atoms with van der Waals surface area (Å²) >= 11 is 3.35. The quantitative estimate of drug-likeness (QED) is 0.625. The Hall–Kier alpha value is -2.74. The summed E-state index contributed by atoms with van der Waals surface area (Å²) in [5, 5.41) is 13.7. The molecule has 8 heteroatoms. The van der Waals surface area contributed by atoms with E-state index in [1.54, 1.807) is 18.2 Å². The number of carbonyl (C=O) groups is 2. The third-order valence-corrected chi connectivity index (χ3v) is 4.62. The van der Waals surface area contributed by atoms with E-state index in [9.17, 15) is 19.7 Å². The molecule has 1 N–H and O–H groups in total. The van der Waals surface area contributed by atoms with E-state index < -0.39 is 4.92 Å². The van der Waals surface area contributed by atoms with E-state index in [1.165, 1.54) is 23.1 Å². The average molecular weight is 404 g/mol. The van der Waals surface area contributed by atoms with E-state index in [-0.39, 0.29) is 30.5 Å². The number of benzene rings is 2. The molecule has 0 aliphatic carbocycles. The van der Waals surface area contributed by atoms with Gasteiger partial charge in [0, 0.05) is 28.7 Å². The lowest BCUT2D eigenvalue weighted by Crippen LogP contribution is -2.40. The first-order valence-electron chi connectivity index (χ1n) is 7.58. The minimum Gasteiger partial charge on any atom is -0.324 e. The van der Waals surface area contributed by atoms with Gasteiger partial charge in [0.15, 0.2) is 0 Å². The number of hydrogen-bond donors (Lipinski definition) is 1. The third kappa shape index (κ3) is 3.69. The molecule has 1 aliphatic heterocycles. The molecule has 0 bridgehead atoms. The Balaban J connectivity index is 1.81. The predicted molar refractivity (Wildman–Crippen MR) is 96.5 cm³/mol. The Labute approximate surface area is 151 Å². The van der Waals surface area contributed by atoms with Crippen LogP contribution in [0.4, 0.5) is 17.1 Å². The molecule has 0 saturated carbocycles. The molecule has 2 aromatic carbocycles. The van der Waals surface area contributed by atoms with Crippen LogP contribution in [0.5, 0.6) is 0 Å². The molecule has 1 heterocycles. The van der Waals surface area contributed by atoms with Crippen molar-refractivity contribution in [3.63, 3.8) is 0 Å². The zero-order valence-electron chi connectivity index (χ0n) is 13.1. The molecule has 2 aromatic rings. The van der Waals surface area contributed by atoms with E-state index in [4.69, 9.17) is 0 Å². The van der Waals surface area contributed by atoms with Crippen LogP contribution in [0.1, 0.15) is 12.0 Å². The van der Waals surface area contributed by atoms with Crippen molar-refractivity contribution in [3.05, 3.63) is 62.6 Å². The lowest BCUT2D eigenvalue weighted by Gasteiger charge is -2.28. The number of para-hydroxylation sites is 1. The smallest absolute Gasteiger partial charge is 0.269 e. The van der Waals surface area contributed by atoms with Gasteiger partial charge in [-0.25, -0.2) is 0 Å². The van der Waals surface area contributed by atoms with E-state index in [1.807, 2.05) is 6.07 Å². The van der Waals surface area contributed by atoms with Crippen molar-refractivity contribution in [2.24, 2.45) is 0 Å². The number of non-ortho nitro benzene ring substituents is 1. The van der Waals surface area contributed by atoms with E-state index in [0.29, 0.717) is 23.4 Å². The Kier molecular flexibility index (Phi) is 4.80. The molecule has 128 valence electrons. The number of rotatable bonds is 4. The van der Waals surface area contributed by atoms with Crippen molar-refractivity contribution in [1.29, 1.82) is 0 Å². The van der Waals surface area contributed by atoms with Crippen molar-refractivity contribution >= 4 is 44.8 Å². The summed E-state index contributed by atoms with van der Waals surface area (Å²) in [4.78, 5) is 36.4. The number of fused-ring (bicyclic) bond motifs is 1. The van der Waals surface area contributed by atoms with Crippen LogP contribution >= 0.6 is 15.9 Å². The molecule has 0 fully saturated rings. The third-order valence-electron chi connectivity index (χ3n) is 3.92. The van der Waals surface area contributed by atoms with E-state index in [2.05, 4.69) is 21.2 Å². The Morgan fingerprint density at radius 1 is 1.24 bits per heavy atom. The molecule has 2 amide bonds. The number of nitro benzene ring substituents is 1. The highest BCUT2D eigenvalue weighted by Gasteiger charge is 2.27. The average Bonchev–Trinajstić information content (AvgIpc) is 2.59. The monoisotopic (exact) mass is 403 g/mol. The second-order valence-electron chi connectivity index (χ2n) is 5.58. The fraction of sp³-hybridized carbons (Fsp3) is 0.176. The van der Waals surface area contributed by atoms with Gasteiger partial charge in [-0.05, 0) is 46.1 Å². The molecular formula is C17H14BrN3O4. The minimum atomic E-state index is -0.472. The van der Waals surface area contributed by atoms with Crippen molar-refractivity contribution in [1.82, 2.24) is 0 Å². The molecule has 0 aromatic heterocycles. The Morgan fingerprint density at radius 3 is 2.72 bits per heavy atom. The van der Waals surface area contributed by atoms with Crippen LogP contribution in [0.15, 0.2) is 46.9 Å². The van der Waals surface area contributed by atoms with Gasteiger partial charge in [-0.2, -0.15) is 0 Å². The van der Waals surface area contributed by atoms with Crippen LogP contribution in [-0.2, 0) is 16.0 Å². The van der Waals surface area contributed by atoms with Gasteiger partial charge in [-0.15, -0.1) is 0 Å². The molecular weight excluding hydrogens is 390 g/mol. The first-order valence-corrected chi connectivity index (χ1v) is 8.37. The van der Waals surface area contributed by atoms with Gasteiger partial charge in [0.1, 0.15) is 6.54 Å². The van der Waals surface area contributed by atoms with Crippen molar-refractivity contribution in [2.75, 3.05) is 16.8 Å². The maximum Gasteiger partial charge on any atom is 0.269 e. The topological polar surface area (TPSA) is 92.5 Å². The first kappa shape index (κ1) is 17.1. The van der Waals surface area contributed by atoms with Crippen LogP contribution in [0.3, 0.4) is 0 Å². The number of anilines is 2. The van der Waals surface area contributed by atoms with Gasteiger partial charge in [0.2, 0.25) is 11.8 Å². The van der Waals surface area contributed by atoms with Crippen molar-refractivity contribution in [3.8, 4) is 0 Å². The summed E-state index contributed by atoms with van der Waals surface area (Å²) < 4.78 is 0.740. The number of nitro groups is 1. The Bertz CT molecular complexity index is 869. The maximum absolute atomic E-state index is 12.3. The fourth-order valence-electron chi connectivity index (χ4n) is 2.73. The summed E-state index contributed by atoms with van der Waals surface area (Å²) in [5.41, 5.74) is 1.83. The highest BCUT2D eigenvalue weighted by atomic mass is 79.9. The second kappa shape index (κ2) is 7.02. The van der Waals surface area contributed by atoms with Crippen LogP contribution < -0.4 is 10.2 Å². The molecule has 0 unspecified atom stereocenters. The standard InChI is InChI=1S/C17H14BrN3O4/c18-13-3-1-2-4-14(13)19-16(22)10-20-15-7-6-12(21(24)25)9-11(15)5-8-17(20)23/h1-4,6-7,9H,5,8,10H2,(H,19,22). The number of nitrogens with one attached hydrogen (secondary N) is 1. The van der Waals surface area contributed by atoms with E-state index in [0.717, 1.165) is 4.47 Å². The second-order valence-corrected chi connectivity index (χ2v) is 6.43. The fourth-order valence-corrected chi connectivity index (χ4v) is 3.11. The first-order chi connectivity index (χ1) is 12.0. The minimum absolute atomic E-state index is 0.0225. The highest BCUT2D eigenvalue weighted by Crippen LogP contribution is 2.31. The molecule has 1 aliphatic rings. The summed E-state index contributed by atoms with van der Waals surface area (Å²) in [6.45, 7) is -0.148. The lowest BCUT2D eigenvalue weighted by molar-refractivity contribution is -0.384. The molecule has 0 radical (unpaired) electrons. The molecule has 7 nitrogen and oxygen atoms in total. The van der Waals surface area contributed by atoms with Gasteiger partial charge >= 0.3 is 0 Å². The normalized spacial score (nSPS) is 13.3.